The zero-order chi connectivity index (χ0) is 17.1. The van der Waals surface area contributed by atoms with Crippen molar-refractivity contribution in [2.45, 2.75) is 67.6 Å². The maximum absolute atomic E-state index is 11.6. The van der Waals surface area contributed by atoms with Gasteiger partial charge in [0.2, 0.25) is 0 Å². The molecule has 4 atom stereocenters. The van der Waals surface area contributed by atoms with Gasteiger partial charge in [-0.05, 0) is 54.4 Å². The Kier molecular flexibility index (Phi) is 5.88. The monoisotopic (exact) mass is 349 g/mol. The van der Waals surface area contributed by atoms with Crippen LogP contribution < -0.4 is 5.32 Å². The fourth-order valence-electron chi connectivity index (χ4n) is 4.59. The van der Waals surface area contributed by atoms with Gasteiger partial charge in [-0.25, -0.2) is 10.9 Å². The zero-order valence-electron chi connectivity index (χ0n) is 14.9. The third-order valence-corrected chi connectivity index (χ3v) is 9.22. The summed E-state index contributed by atoms with van der Waals surface area (Å²) in [5, 5.41) is 12.9. The maximum Gasteiger partial charge on any atom is 0.321 e. The van der Waals surface area contributed by atoms with Crippen molar-refractivity contribution < 1.29 is 9.90 Å². The maximum atomic E-state index is 11.6. The summed E-state index contributed by atoms with van der Waals surface area (Å²) < 4.78 is 0. The second kappa shape index (κ2) is 7.92. The molecule has 3 nitrogen and oxygen atoms in total. The van der Waals surface area contributed by atoms with Gasteiger partial charge in [0.15, 0.2) is 0 Å². The van der Waals surface area contributed by atoms with Crippen LogP contribution >= 0.6 is 10.9 Å². The topological polar surface area (TPSA) is 49.3 Å². The van der Waals surface area contributed by atoms with Crippen LogP contribution in [0.4, 0.5) is 0 Å². The van der Waals surface area contributed by atoms with Gasteiger partial charge in [-0.3, -0.25) is 4.79 Å². The van der Waals surface area contributed by atoms with Gasteiger partial charge in [0.25, 0.3) is 0 Å². The first-order chi connectivity index (χ1) is 11.6. The van der Waals surface area contributed by atoms with E-state index in [-0.39, 0.29) is 5.25 Å². The number of thiol groups is 1. The Labute approximate surface area is 148 Å². The molecule has 24 heavy (non-hydrogen) atoms. The summed E-state index contributed by atoms with van der Waals surface area (Å²) in [4.78, 5) is 13.0. The number of nitrogens with one attached hydrogen (secondary N) is 1. The lowest BCUT2D eigenvalue weighted by molar-refractivity contribution is -0.139. The van der Waals surface area contributed by atoms with Crippen LogP contribution in [-0.4, -0.2) is 35.2 Å². The van der Waals surface area contributed by atoms with Gasteiger partial charge in [0.1, 0.15) is 6.04 Å². The van der Waals surface area contributed by atoms with E-state index in [4.69, 9.17) is 0 Å². The summed E-state index contributed by atoms with van der Waals surface area (Å²) in [6, 6.07) is 8.82. The highest BCUT2D eigenvalue weighted by Gasteiger charge is 2.40. The van der Waals surface area contributed by atoms with E-state index >= 15 is 0 Å². The Morgan fingerprint density at radius 2 is 1.83 bits per heavy atom. The Balaban J connectivity index is 1.78. The van der Waals surface area contributed by atoms with Crippen LogP contribution in [0.25, 0.3) is 0 Å². The van der Waals surface area contributed by atoms with E-state index in [1.54, 1.807) is 7.05 Å². The fraction of sp³-hybridized carbons (Fsp3) is 0.650. The molecule has 0 amide bonds. The molecule has 1 aliphatic heterocycles. The van der Waals surface area contributed by atoms with Crippen molar-refractivity contribution in [2.75, 3.05) is 12.8 Å². The highest BCUT2D eigenvalue weighted by Crippen LogP contribution is 2.52. The molecule has 2 N–H and O–H groups in total. The summed E-state index contributed by atoms with van der Waals surface area (Å²) in [7, 11) is 1.39. The average molecular weight is 350 g/mol. The van der Waals surface area contributed by atoms with Crippen molar-refractivity contribution in [1.82, 2.24) is 5.32 Å². The molecule has 2 fully saturated rings. The first kappa shape index (κ1) is 17.8. The summed E-state index contributed by atoms with van der Waals surface area (Å²) >= 11 is 0. The minimum atomic E-state index is -0.706. The van der Waals surface area contributed by atoms with Crippen molar-refractivity contribution in [2.24, 2.45) is 5.92 Å². The van der Waals surface area contributed by atoms with E-state index in [1.165, 1.54) is 42.6 Å². The fourth-order valence-corrected chi connectivity index (χ4v) is 8.11. The molecular formula is C20H31NO2S. The molecular weight excluding hydrogens is 318 g/mol. The summed E-state index contributed by atoms with van der Waals surface area (Å²) in [5.74, 6) is 1.67. The Morgan fingerprint density at radius 3 is 2.42 bits per heavy atom. The van der Waals surface area contributed by atoms with Gasteiger partial charge in [0.05, 0.1) is 0 Å². The molecule has 4 heteroatoms. The van der Waals surface area contributed by atoms with Crippen LogP contribution in [0, 0.1) is 5.92 Å². The molecule has 0 radical (unpaired) electrons. The second-order valence-corrected chi connectivity index (χ2v) is 9.98. The van der Waals surface area contributed by atoms with E-state index in [2.05, 4.69) is 36.5 Å². The number of rotatable bonds is 5. The largest absolute Gasteiger partial charge is 0.480 e. The van der Waals surface area contributed by atoms with Crippen LogP contribution in [0.15, 0.2) is 29.2 Å². The van der Waals surface area contributed by atoms with E-state index in [0.29, 0.717) is 5.92 Å². The SMILES string of the molecule is CNC(C(=O)O)[C@H]1[C@H](C)CC[SH]1c1ccc(C2CCCCC2)cc1. The number of carboxylic acid groups (broad SMARTS) is 1. The van der Waals surface area contributed by atoms with E-state index < -0.39 is 22.9 Å². The van der Waals surface area contributed by atoms with Crippen molar-refractivity contribution in [1.29, 1.82) is 0 Å². The van der Waals surface area contributed by atoms with Crippen molar-refractivity contribution in [3.8, 4) is 0 Å². The predicted octanol–water partition coefficient (Wildman–Crippen LogP) is 4.18. The van der Waals surface area contributed by atoms with Crippen molar-refractivity contribution in [3.63, 3.8) is 0 Å². The third-order valence-electron chi connectivity index (χ3n) is 5.99. The normalized spacial score (nSPS) is 31.0. The lowest BCUT2D eigenvalue weighted by Gasteiger charge is -2.32. The molecule has 134 valence electrons. The molecule has 0 aromatic heterocycles. The van der Waals surface area contributed by atoms with Gasteiger partial charge < -0.3 is 10.4 Å². The summed E-state index contributed by atoms with van der Waals surface area (Å²) in [5.41, 5.74) is 1.49. The molecule has 3 rings (SSSR count). The lowest BCUT2D eigenvalue weighted by atomic mass is 9.84. The molecule has 1 aromatic rings. The van der Waals surface area contributed by atoms with Crippen molar-refractivity contribution >= 4 is 16.9 Å². The minimum absolute atomic E-state index is 0.239. The number of benzene rings is 1. The summed E-state index contributed by atoms with van der Waals surface area (Å²) in [6.07, 6.45) is 7.91. The van der Waals surface area contributed by atoms with Crippen LogP contribution in [0.2, 0.25) is 0 Å². The molecule has 2 aliphatic rings. The molecule has 1 saturated carbocycles. The molecule has 1 saturated heterocycles. The number of carboxylic acids is 1. The van der Waals surface area contributed by atoms with Gasteiger partial charge in [0, 0.05) is 5.25 Å². The van der Waals surface area contributed by atoms with Crippen LogP contribution in [0.1, 0.15) is 56.9 Å². The highest BCUT2D eigenvalue weighted by molar-refractivity contribution is 8.17. The number of hydrogen-bond acceptors (Lipinski definition) is 2. The number of hydrogen-bond donors (Lipinski definition) is 3. The quantitative estimate of drug-likeness (QED) is 0.699. The molecule has 1 aliphatic carbocycles. The first-order valence-electron chi connectivity index (χ1n) is 9.38. The Hall–Kier alpha value is -1.00. The van der Waals surface area contributed by atoms with Gasteiger partial charge in [-0.2, -0.15) is 0 Å². The van der Waals surface area contributed by atoms with E-state index in [9.17, 15) is 9.90 Å². The molecule has 2 unspecified atom stereocenters. The van der Waals surface area contributed by atoms with Gasteiger partial charge >= 0.3 is 5.97 Å². The molecule has 0 bridgehead atoms. The molecule has 0 spiro atoms. The van der Waals surface area contributed by atoms with Crippen molar-refractivity contribution in [3.05, 3.63) is 29.8 Å². The number of aliphatic carboxylic acids is 1. The van der Waals surface area contributed by atoms with Crippen LogP contribution in [0.3, 0.4) is 0 Å². The lowest BCUT2D eigenvalue weighted by Crippen LogP contribution is -2.45. The Morgan fingerprint density at radius 1 is 1.17 bits per heavy atom. The smallest absolute Gasteiger partial charge is 0.321 e. The van der Waals surface area contributed by atoms with Crippen LogP contribution in [0.5, 0.6) is 0 Å². The number of likely N-dealkylation sites (N-methyl/N-ethyl adjacent to an activating group) is 1. The Bertz CT molecular complexity index is 553. The zero-order valence-corrected chi connectivity index (χ0v) is 15.8. The minimum Gasteiger partial charge on any atom is -0.480 e. The highest BCUT2D eigenvalue weighted by atomic mass is 32.2. The van der Waals surface area contributed by atoms with Gasteiger partial charge in [-0.15, -0.1) is 0 Å². The molecule has 1 heterocycles. The van der Waals surface area contributed by atoms with E-state index in [0.717, 1.165) is 18.1 Å². The first-order valence-corrected chi connectivity index (χ1v) is 11.0. The van der Waals surface area contributed by atoms with Gasteiger partial charge in [-0.1, -0.05) is 50.5 Å². The van der Waals surface area contributed by atoms with Crippen LogP contribution in [-0.2, 0) is 4.79 Å². The van der Waals surface area contributed by atoms with E-state index in [1.807, 2.05) is 0 Å². The summed E-state index contributed by atoms with van der Waals surface area (Å²) in [6.45, 7) is 2.22. The average Bonchev–Trinajstić information content (AvgIpc) is 2.98. The standard InChI is InChI=1S/C20H31NO2S/c1-14-12-13-24(19(14)18(21-2)20(22)23)17-10-8-16(9-11-17)15-6-4-3-5-7-15/h8-11,14-15,18-19,21,24H,3-7,12-13H2,1-2H3,(H,22,23)/t14-,18?,19-/m1/s1. The molecule has 1 aromatic carbocycles. The third kappa shape index (κ3) is 3.65. The number of carbonyl (C=O) groups is 1. The predicted molar refractivity (Wildman–Crippen MR) is 102 cm³/mol. The second-order valence-electron chi connectivity index (χ2n) is 7.48.